The zero-order chi connectivity index (χ0) is 9.14. The van der Waals surface area contributed by atoms with Crippen molar-refractivity contribution in [1.82, 2.24) is 0 Å². The molecule has 1 aromatic rings. The molecule has 0 amide bonds. The topological polar surface area (TPSA) is 55.4 Å². The Labute approximate surface area is 70.6 Å². The predicted molar refractivity (Wildman–Crippen MR) is 45.3 cm³/mol. The SMILES string of the molecule is CNc1oc(=O)oc1CC(C)C. The van der Waals surface area contributed by atoms with Crippen molar-refractivity contribution in [1.29, 1.82) is 0 Å². The summed E-state index contributed by atoms with van der Waals surface area (Å²) in [5, 5.41) is 2.76. The van der Waals surface area contributed by atoms with Crippen molar-refractivity contribution in [3.05, 3.63) is 16.4 Å². The molecule has 0 atom stereocenters. The van der Waals surface area contributed by atoms with E-state index in [1.807, 2.05) is 13.8 Å². The van der Waals surface area contributed by atoms with Gasteiger partial charge in [0, 0.05) is 13.5 Å². The smallest absolute Gasteiger partial charge is 0.394 e. The van der Waals surface area contributed by atoms with E-state index >= 15 is 0 Å². The van der Waals surface area contributed by atoms with Gasteiger partial charge in [0.15, 0.2) is 5.76 Å². The highest BCUT2D eigenvalue weighted by Gasteiger charge is 2.11. The van der Waals surface area contributed by atoms with Crippen molar-refractivity contribution in [2.75, 3.05) is 12.4 Å². The van der Waals surface area contributed by atoms with Crippen LogP contribution in [0.2, 0.25) is 0 Å². The van der Waals surface area contributed by atoms with E-state index in [9.17, 15) is 4.79 Å². The third kappa shape index (κ3) is 1.90. The standard InChI is InChI=1S/C8H13NO3/c1-5(2)4-6-7(9-3)12-8(10)11-6/h5,9H,4H2,1-3H3. The molecular formula is C8H13NO3. The fraction of sp³-hybridized carbons (Fsp3) is 0.625. The van der Waals surface area contributed by atoms with Gasteiger partial charge < -0.3 is 14.2 Å². The molecule has 0 radical (unpaired) electrons. The average Bonchev–Trinajstić information content (AvgIpc) is 2.29. The van der Waals surface area contributed by atoms with Gasteiger partial charge in [0.1, 0.15) is 0 Å². The van der Waals surface area contributed by atoms with Gasteiger partial charge in [0.2, 0.25) is 5.88 Å². The molecule has 12 heavy (non-hydrogen) atoms. The molecular weight excluding hydrogens is 158 g/mol. The summed E-state index contributed by atoms with van der Waals surface area (Å²) >= 11 is 0. The first-order chi connectivity index (χ1) is 5.63. The van der Waals surface area contributed by atoms with Crippen LogP contribution >= 0.6 is 0 Å². The van der Waals surface area contributed by atoms with Crippen LogP contribution in [-0.2, 0) is 6.42 Å². The van der Waals surface area contributed by atoms with Crippen LogP contribution in [0.3, 0.4) is 0 Å². The first-order valence-electron chi connectivity index (χ1n) is 3.94. The van der Waals surface area contributed by atoms with Crippen molar-refractivity contribution < 1.29 is 8.83 Å². The maximum atomic E-state index is 10.7. The Kier molecular flexibility index (Phi) is 2.58. The molecule has 0 aliphatic rings. The Balaban J connectivity index is 2.89. The zero-order valence-electron chi connectivity index (χ0n) is 7.51. The predicted octanol–water partition coefficient (Wildman–Crippen LogP) is 1.47. The molecule has 0 aliphatic heterocycles. The second-order valence-electron chi connectivity index (χ2n) is 3.05. The maximum absolute atomic E-state index is 10.7. The summed E-state index contributed by atoms with van der Waals surface area (Å²) in [7, 11) is 1.69. The summed E-state index contributed by atoms with van der Waals surface area (Å²) in [6, 6.07) is 0. The highest BCUT2D eigenvalue weighted by molar-refractivity contribution is 5.33. The summed E-state index contributed by atoms with van der Waals surface area (Å²) in [4.78, 5) is 10.7. The summed E-state index contributed by atoms with van der Waals surface area (Å²) in [6.45, 7) is 4.10. The Morgan fingerprint density at radius 1 is 1.42 bits per heavy atom. The number of nitrogens with one attached hydrogen (secondary N) is 1. The largest absolute Gasteiger partial charge is 0.520 e. The van der Waals surface area contributed by atoms with E-state index < -0.39 is 5.82 Å². The molecule has 68 valence electrons. The second-order valence-corrected chi connectivity index (χ2v) is 3.05. The van der Waals surface area contributed by atoms with E-state index in [0.29, 0.717) is 24.0 Å². The molecule has 4 heteroatoms. The summed E-state index contributed by atoms with van der Waals surface area (Å²) in [5.74, 6) is 0.832. The Morgan fingerprint density at radius 3 is 2.58 bits per heavy atom. The molecule has 0 fully saturated rings. The quantitative estimate of drug-likeness (QED) is 0.748. The summed E-state index contributed by atoms with van der Waals surface area (Å²) < 4.78 is 9.56. The minimum absolute atomic E-state index is 0.439. The van der Waals surface area contributed by atoms with Crippen molar-refractivity contribution in [3.8, 4) is 0 Å². The molecule has 4 nitrogen and oxygen atoms in total. The summed E-state index contributed by atoms with van der Waals surface area (Å²) in [6.07, 6.45) is 0.710. The second kappa shape index (κ2) is 3.47. The lowest BCUT2D eigenvalue weighted by molar-refractivity contribution is 0.370. The van der Waals surface area contributed by atoms with Gasteiger partial charge in [-0.05, 0) is 5.92 Å². The van der Waals surface area contributed by atoms with Gasteiger partial charge in [-0.1, -0.05) is 13.8 Å². The van der Waals surface area contributed by atoms with Gasteiger partial charge >= 0.3 is 5.82 Å². The Bertz CT molecular complexity index is 297. The van der Waals surface area contributed by atoms with E-state index in [4.69, 9.17) is 8.83 Å². The minimum Gasteiger partial charge on any atom is -0.394 e. The van der Waals surface area contributed by atoms with Crippen molar-refractivity contribution in [2.45, 2.75) is 20.3 Å². The van der Waals surface area contributed by atoms with Crippen molar-refractivity contribution in [3.63, 3.8) is 0 Å². The summed E-state index contributed by atoms with van der Waals surface area (Å²) in [5.41, 5.74) is 0. The van der Waals surface area contributed by atoms with Gasteiger partial charge in [-0.25, -0.2) is 4.79 Å². The highest BCUT2D eigenvalue weighted by atomic mass is 16.6. The number of hydrogen-bond donors (Lipinski definition) is 1. The Hall–Kier alpha value is -1.19. The van der Waals surface area contributed by atoms with Crippen molar-refractivity contribution >= 4 is 5.88 Å². The molecule has 0 saturated heterocycles. The first-order valence-corrected chi connectivity index (χ1v) is 3.94. The fourth-order valence-corrected chi connectivity index (χ4v) is 1.00. The van der Waals surface area contributed by atoms with E-state index in [0.717, 1.165) is 0 Å². The molecule has 0 saturated carbocycles. The molecule has 0 unspecified atom stereocenters. The molecule has 1 N–H and O–H groups in total. The van der Waals surface area contributed by atoms with E-state index in [-0.39, 0.29) is 0 Å². The lowest BCUT2D eigenvalue weighted by atomic mass is 10.1. The molecule has 0 bridgehead atoms. The van der Waals surface area contributed by atoms with Crippen LogP contribution in [0, 0.1) is 5.92 Å². The van der Waals surface area contributed by atoms with Crippen LogP contribution in [0.5, 0.6) is 0 Å². The van der Waals surface area contributed by atoms with E-state index in [1.54, 1.807) is 7.05 Å². The highest BCUT2D eigenvalue weighted by Crippen LogP contribution is 2.16. The number of anilines is 1. The van der Waals surface area contributed by atoms with E-state index in [1.165, 1.54) is 0 Å². The maximum Gasteiger partial charge on any atom is 0.520 e. The van der Waals surface area contributed by atoms with Crippen LogP contribution in [0.15, 0.2) is 13.6 Å². The van der Waals surface area contributed by atoms with Gasteiger partial charge in [-0.2, -0.15) is 0 Å². The number of rotatable bonds is 3. The minimum atomic E-state index is -0.644. The van der Waals surface area contributed by atoms with Crippen LogP contribution in [0.4, 0.5) is 5.88 Å². The van der Waals surface area contributed by atoms with Gasteiger partial charge in [-0.3, -0.25) is 0 Å². The van der Waals surface area contributed by atoms with Crippen LogP contribution in [-0.4, -0.2) is 7.05 Å². The van der Waals surface area contributed by atoms with E-state index in [2.05, 4.69) is 5.32 Å². The van der Waals surface area contributed by atoms with Crippen molar-refractivity contribution in [2.24, 2.45) is 5.92 Å². The van der Waals surface area contributed by atoms with Crippen LogP contribution in [0.25, 0.3) is 0 Å². The third-order valence-corrected chi connectivity index (χ3v) is 1.47. The molecule has 1 rings (SSSR count). The van der Waals surface area contributed by atoms with Gasteiger partial charge in [-0.15, -0.1) is 0 Å². The van der Waals surface area contributed by atoms with Crippen LogP contribution < -0.4 is 11.1 Å². The monoisotopic (exact) mass is 171 g/mol. The molecule has 0 aromatic carbocycles. The number of hydrogen-bond acceptors (Lipinski definition) is 4. The normalized spacial score (nSPS) is 10.7. The Morgan fingerprint density at radius 2 is 2.08 bits per heavy atom. The van der Waals surface area contributed by atoms with Gasteiger partial charge in [0.05, 0.1) is 0 Å². The lowest BCUT2D eigenvalue weighted by Crippen LogP contribution is -1.96. The lowest BCUT2D eigenvalue weighted by Gasteiger charge is -2.00. The van der Waals surface area contributed by atoms with Crippen LogP contribution in [0.1, 0.15) is 19.6 Å². The van der Waals surface area contributed by atoms with Gasteiger partial charge in [0.25, 0.3) is 0 Å². The zero-order valence-corrected chi connectivity index (χ0v) is 7.51. The third-order valence-electron chi connectivity index (χ3n) is 1.47. The average molecular weight is 171 g/mol. The fourth-order valence-electron chi connectivity index (χ4n) is 1.00. The first kappa shape index (κ1) is 8.90. The molecule has 1 aromatic heterocycles. The molecule has 0 aliphatic carbocycles. The molecule has 0 spiro atoms. The molecule has 1 heterocycles.